The van der Waals surface area contributed by atoms with Crippen LogP contribution < -0.4 is 10.5 Å². The van der Waals surface area contributed by atoms with Gasteiger partial charge >= 0.3 is 0 Å². The van der Waals surface area contributed by atoms with Gasteiger partial charge < -0.3 is 5.73 Å². The summed E-state index contributed by atoms with van der Waals surface area (Å²) in [5.74, 6) is -0.488. The summed E-state index contributed by atoms with van der Waals surface area (Å²) >= 11 is 5.78. The molecule has 1 atom stereocenters. The highest BCUT2D eigenvalue weighted by atomic mass is 35.5. The number of rotatable bonds is 12. The van der Waals surface area contributed by atoms with E-state index in [1.54, 1.807) is 18.3 Å². The highest BCUT2D eigenvalue weighted by Crippen LogP contribution is 2.17. The number of primary amides is 1. The Hall–Kier alpha value is -1.96. The Bertz CT molecular complexity index is 843. The average Bonchev–Trinajstić information content (AvgIpc) is 2.67. The summed E-state index contributed by atoms with van der Waals surface area (Å²) in [5, 5.41) is 0.486. The number of amides is 1. The van der Waals surface area contributed by atoms with Crippen molar-refractivity contribution in [1.29, 1.82) is 0 Å². The standard InChI is InChI=1S/C20H26ClN3O3S/c21-18-9-11-19(12-10-18)28(26,27)24-14-2-1-7-17(20(22)25)8-3-5-16-6-4-13-23-15-16/h4,6,9-13,15,17,24H,1-3,5,7-8,14H2,(H2,22,25). The Morgan fingerprint density at radius 1 is 1.11 bits per heavy atom. The zero-order chi connectivity index (χ0) is 20.4. The predicted molar refractivity (Wildman–Crippen MR) is 110 cm³/mol. The van der Waals surface area contributed by atoms with Crippen molar-refractivity contribution in [2.75, 3.05) is 6.54 Å². The van der Waals surface area contributed by atoms with E-state index in [-0.39, 0.29) is 16.7 Å². The second-order valence-corrected chi connectivity index (χ2v) is 8.90. The molecular formula is C20H26ClN3O3S. The maximum atomic E-state index is 12.2. The summed E-state index contributed by atoms with van der Waals surface area (Å²) in [6.07, 6.45) is 8.03. The number of carbonyl (C=O) groups is 1. The third kappa shape index (κ3) is 7.58. The van der Waals surface area contributed by atoms with E-state index in [1.165, 1.54) is 12.1 Å². The van der Waals surface area contributed by atoms with E-state index in [9.17, 15) is 13.2 Å². The number of aryl methyl sites for hydroxylation is 1. The number of pyridine rings is 1. The molecular weight excluding hydrogens is 398 g/mol. The molecule has 0 fully saturated rings. The number of hydrogen-bond acceptors (Lipinski definition) is 4. The third-order valence-electron chi connectivity index (χ3n) is 4.54. The van der Waals surface area contributed by atoms with Gasteiger partial charge in [-0.3, -0.25) is 9.78 Å². The van der Waals surface area contributed by atoms with Gasteiger partial charge in [0.25, 0.3) is 0 Å². The summed E-state index contributed by atoms with van der Waals surface area (Å²) in [6, 6.07) is 9.93. The van der Waals surface area contributed by atoms with E-state index in [4.69, 9.17) is 17.3 Å². The molecule has 0 aliphatic carbocycles. The molecule has 6 nitrogen and oxygen atoms in total. The first-order chi connectivity index (χ1) is 13.4. The zero-order valence-corrected chi connectivity index (χ0v) is 17.3. The Morgan fingerprint density at radius 3 is 2.46 bits per heavy atom. The molecule has 152 valence electrons. The van der Waals surface area contributed by atoms with Crippen molar-refractivity contribution in [2.24, 2.45) is 11.7 Å². The van der Waals surface area contributed by atoms with Crippen LogP contribution in [0.5, 0.6) is 0 Å². The van der Waals surface area contributed by atoms with Gasteiger partial charge in [-0.2, -0.15) is 0 Å². The van der Waals surface area contributed by atoms with Crippen LogP contribution in [0.4, 0.5) is 0 Å². The Balaban J connectivity index is 1.69. The van der Waals surface area contributed by atoms with Crippen LogP contribution in [0, 0.1) is 5.92 Å². The fourth-order valence-electron chi connectivity index (χ4n) is 2.95. The molecule has 28 heavy (non-hydrogen) atoms. The summed E-state index contributed by atoms with van der Waals surface area (Å²) in [4.78, 5) is 15.9. The molecule has 2 aromatic rings. The normalized spacial score (nSPS) is 12.6. The molecule has 3 N–H and O–H groups in total. The minimum Gasteiger partial charge on any atom is -0.369 e. The molecule has 8 heteroatoms. The third-order valence-corrected chi connectivity index (χ3v) is 6.27. The maximum absolute atomic E-state index is 12.2. The van der Waals surface area contributed by atoms with Crippen LogP contribution in [0.2, 0.25) is 5.02 Å². The Labute approximate surface area is 171 Å². The lowest BCUT2D eigenvalue weighted by atomic mass is 9.94. The van der Waals surface area contributed by atoms with E-state index in [0.717, 1.165) is 31.2 Å². The van der Waals surface area contributed by atoms with Gasteiger partial charge in [-0.25, -0.2) is 13.1 Å². The van der Waals surface area contributed by atoms with Gasteiger partial charge in [0.1, 0.15) is 0 Å². The lowest BCUT2D eigenvalue weighted by Crippen LogP contribution is -2.26. The minimum atomic E-state index is -3.55. The van der Waals surface area contributed by atoms with Crippen LogP contribution in [0.1, 0.15) is 37.7 Å². The number of benzene rings is 1. The molecule has 0 saturated carbocycles. The van der Waals surface area contributed by atoms with Gasteiger partial charge in [0.05, 0.1) is 4.90 Å². The van der Waals surface area contributed by atoms with Crippen molar-refractivity contribution in [1.82, 2.24) is 9.71 Å². The van der Waals surface area contributed by atoms with Crippen molar-refractivity contribution in [2.45, 2.75) is 43.4 Å². The molecule has 1 aromatic heterocycles. The number of sulfonamides is 1. The molecule has 0 saturated heterocycles. The number of hydrogen-bond donors (Lipinski definition) is 2. The van der Waals surface area contributed by atoms with Gasteiger partial charge in [-0.05, 0) is 68.0 Å². The second-order valence-electron chi connectivity index (χ2n) is 6.70. The van der Waals surface area contributed by atoms with Crippen molar-refractivity contribution in [3.05, 3.63) is 59.4 Å². The minimum absolute atomic E-state index is 0.183. The maximum Gasteiger partial charge on any atom is 0.240 e. The summed E-state index contributed by atoms with van der Waals surface area (Å²) < 4.78 is 27.0. The number of halogens is 1. The number of nitrogens with one attached hydrogen (secondary N) is 1. The zero-order valence-electron chi connectivity index (χ0n) is 15.7. The first-order valence-electron chi connectivity index (χ1n) is 9.32. The summed E-state index contributed by atoms with van der Waals surface area (Å²) in [7, 11) is -3.55. The molecule has 0 bridgehead atoms. The molecule has 1 amide bonds. The highest BCUT2D eigenvalue weighted by Gasteiger charge is 2.16. The molecule has 0 aliphatic rings. The quantitative estimate of drug-likeness (QED) is 0.511. The van der Waals surface area contributed by atoms with Crippen LogP contribution >= 0.6 is 11.6 Å². The van der Waals surface area contributed by atoms with Gasteiger partial charge in [0, 0.05) is 29.9 Å². The van der Waals surface area contributed by atoms with Crippen molar-refractivity contribution in [3.8, 4) is 0 Å². The van der Waals surface area contributed by atoms with Crippen LogP contribution in [-0.4, -0.2) is 25.9 Å². The number of nitrogens with two attached hydrogens (primary N) is 1. The molecule has 1 heterocycles. The van der Waals surface area contributed by atoms with E-state index in [2.05, 4.69) is 9.71 Å². The first kappa shape index (κ1) is 22.3. The molecule has 2 rings (SSSR count). The molecule has 1 unspecified atom stereocenters. The van der Waals surface area contributed by atoms with Crippen molar-refractivity contribution < 1.29 is 13.2 Å². The summed E-state index contributed by atoms with van der Waals surface area (Å²) in [5.41, 5.74) is 6.66. The van der Waals surface area contributed by atoms with Gasteiger partial charge in [-0.1, -0.05) is 24.1 Å². The molecule has 0 radical (unpaired) electrons. The number of nitrogens with zero attached hydrogens (tertiary/aromatic N) is 1. The van der Waals surface area contributed by atoms with E-state index >= 15 is 0 Å². The topological polar surface area (TPSA) is 102 Å². The SMILES string of the molecule is NC(=O)C(CCCCNS(=O)(=O)c1ccc(Cl)cc1)CCCc1cccnc1. The monoisotopic (exact) mass is 423 g/mol. The van der Waals surface area contributed by atoms with E-state index < -0.39 is 10.0 Å². The first-order valence-corrected chi connectivity index (χ1v) is 11.2. The fourth-order valence-corrected chi connectivity index (χ4v) is 4.15. The Morgan fingerprint density at radius 2 is 1.82 bits per heavy atom. The van der Waals surface area contributed by atoms with Crippen molar-refractivity contribution >= 4 is 27.5 Å². The largest absolute Gasteiger partial charge is 0.369 e. The molecule has 0 aliphatic heterocycles. The lowest BCUT2D eigenvalue weighted by molar-refractivity contribution is -0.122. The van der Waals surface area contributed by atoms with Gasteiger partial charge in [-0.15, -0.1) is 0 Å². The number of aromatic nitrogens is 1. The van der Waals surface area contributed by atoms with Gasteiger partial charge in [0.15, 0.2) is 0 Å². The number of carbonyl (C=O) groups excluding carboxylic acids is 1. The average molecular weight is 424 g/mol. The lowest BCUT2D eigenvalue weighted by Gasteiger charge is -2.13. The molecule has 0 spiro atoms. The van der Waals surface area contributed by atoms with Crippen LogP contribution in [-0.2, 0) is 21.2 Å². The highest BCUT2D eigenvalue weighted by molar-refractivity contribution is 7.89. The van der Waals surface area contributed by atoms with Crippen LogP contribution in [0.25, 0.3) is 0 Å². The smallest absolute Gasteiger partial charge is 0.240 e. The summed E-state index contributed by atoms with van der Waals surface area (Å²) in [6.45, 7) is 0.312. The van der Waals surface area contributed by atoms with E-state index in [0.29, 0.717) is 24.4 Å². The Kier molecular flexibility index (Phi) is 8.89. The molecule has 1 aromatic carbocycles. The van der Waals surface area contributed by atoms with Gasteiger partial charge in [0.2, 0.25) is 15.9 Å². The second kappa shape index (κ2) is 11.1. The van der Waals surface area contributed by atoms with Crippen molar-refractivity contribution in [3.63, 3.8) is 0 Å². The fraction of sp³-hybridized carbons (Fsp3) is 0.400. The van der Waals surface area contributed by atoms with Crippen LogP contribution in [0.3, 0.4) is 0 Å². The van der Waals surface area contributed by atoms with E-state index in [1.807, 2.05) is 18.3 Å². The van der Waals surface area contributed by atoms with Crippen LogP contribution in [0.15, 0.2) is 53.7 Å². The number of unbranched alkanes of at least 4 members (excludes halogenated alkanes) is 1. The predicted octanol–water partition coefficient (Wildman–Crippen LogP) is 3.31.